The minimum Gasteiger partial charge on any atom is -0.458 e. The van der Waals surface area contributed by atoms with E-state index in [1.54, 1.807) is 4.90 Å². The molecule has 0 bridgehead atoms. The summed E-state index contributed by atoms with van der Waals surface area (Å²) in [6, 6.07) is 7.69. The van der Waals surface area contributed by atoms with Crippen LogP contribution < -0.4 is 9.64 Å². The zero-order valence-corrected chi connectivity index (χ0v) is 14.4. The number of hydrogen-bond donors (Lipinski definition) is 0. The fourth-order valence-corrected chi connectivity index (χ4v) is 2.83. The minimum atomic E-state index is -0.506. The highest BCUT2D eigenvalue weighted by Gasteiger charge is 2.26. The number of aromatic nitrogens is 2. The third kappa shape index (κ3) is 4.23. The summed E-state index contributed by atoms with van der Waals surface area (Å²) in [5.41, 5.74) is 1.64. The van der Waals surface area contributed by atoms with Gasteiger partial charge >= 0.3 is 6.01 Å². The molecule has 0 radical (unpaired) electrons. The van der Waals surface area contributed by atoms with Crippen LogP contribution in [0.25, 0.3) is 0 Å². The Balaban J connectivity index is 1.67. The molecule has 2 aromatic rings. The van der Waals surface area contributed by atoms with Crippen molar-refractivity contribution in [2.45, 2.75) is 18.9 Å². The van der Waals surface area contributed by atoms with Crippen LogP contribution in [0, 0.1) is 5.82 Å². The van der Waals surface area contributed by atoms with E-state index in [1.807, 2.05) is 43.3 Å². The Morgan fingerprint density at radius 2 is 2.08 bits per heavy atom. The summed E-state index contributed by atoms with van der Waals surface area (Å²) in [4.78, 5) is 24.2. The van der Waals surface area contributed by atoms with Gasteiger partial charge in [-0.2, -0.15) is 0 Å². The molecule has 0 spiro atoms. The third-order valence-electron chi connectivity index (χ3n) is 4.14. The van der Waals surface area contributed by atoms with Crippen molar-refractivity contribution in [3.05, 3.63) is 48.0 Å². The van der Waals surface area contributed by atoms with E-state index < -0.39 is 5.82 Å². The maximum absolute atomic E-state index is 12.9. The van der Waals surface area contributed by atoms with Gasteiger partial charge in [0.1, 0.15) is 6.10 Å². The molecule has 7 heteroatoms. The average Bonchev–Trinajstić information content (AvgIpc) is 2.63. The number of carbonyl (C=O) groups excluding carboxylic acids is 1. The molecule has 132 valence electrons. The van der Waals surface area contributed by atoms with E-state index in [0.29, 0.717) is 18.7 Å². The van der Waals surface area contributed by atoms with Gasteiger partial charge < -0.3 is 14.5 Å². The molecule has 0 N–H and O–H groups in total. The van der Waals surface area contributed by atoms with E-state index in [2.05, 4.69) is 9.97 Å². The number of benzene rings is 1. The highest BCUT2D eigenvalue weighted by molar-refractivity contribution is 5.95. The summed E-state index contributed by atoms with van der Waals surface area (Å²) in [7, 11) is 3.88. The third-order valence-corrected chi connectivity index (χ3v) is 4.14. The number of hydrogen-bond acceptors (Lipinski definition) is 5. The van der Waals surface area contributed by atoms with Crippen molar-refractivity contribution in [1.29, 1.82) is 0 Å². The maximum Gasteiger partial charge on any atom is 0.316 e. The molecule has 1 aromatic carbocycles. The Morgan fingerprint density at radius 1 is 1.32 bits per heavy atom. The van der Waals surface area contributed by atoms with Crippen LogP contribution in [0.15, 0.2) is 36.7 Å². The number of likely N-dealkylation sites (tertiary alicyclic amines) is 1. The monoisotopic (exact) mass is 344 g/mol. The first kappa shape index (κ1) is 17.1. The van der Waals surface area contributed by atoms with Crippen LogP contribution in [0.4, 0.5) is 10.1 Å². The average molecular weight is 344 g/mol. The minimum absolute atomic E-state index is 0.0166. The zero-order chi connectivity index (χ0) is 17.8. The lowest BCUT2D eigenvalue weighted by Gasteiger charge is -2.32. The van der Waals surface area contributed by atoms with Crippen LogP contribution in [-0.4, -0.2) is 54.1 Å². The number of nitrogens with zero attached hydrogens (tertiary/aromatic N) is 4. The number of ether oxygens (including phenoxy) is 1. The summed E-state index contributed by atoms with van der Waals surface area (Å²) in [5, 5.41) is 0. The second-order valence-corrected chi connectivity index (χ2v) is 6.26. The fourth-order valence-electron chi connectivity index (χ4n) is 2.83. The molecule has 3 rings (SSSR count). The van der Waals surface area contributed by atoms with Gasteiger partial charge in [-0.3, -0.25) is 4.79 Å². The molecular formula is C18H21FN4O2. The summed E-state index contributed by atoms with van der Waals surface area (Å²) >= 11 is 0. The van der Waals surface area contributed by atoms with Gasteiger partial charge in [0.2, 0.25) is 0 Å². The van der Waals surface area contributed by atoms with E-state index in [4.69, 9.17) is 4.74 Å². The van der Waals surface area contributed by atoms with Gasteiger partial charge in [-0.15, -0.1) is 0 Å². The molecular weight excluding hydrogens is 323 g/mol. The standard InChI is InChI=1S/C18H21FN4O2/c1-22(2)15-6-3-5-13(9-15)17(24)23-8-4-7-16(12-23)25-18-20-10-14(19)11-21-18/h3,5-6,9-11,16H,4,7-8,12H2,1-2H3/t16-/m1/s1. The molecule has 1 aliphatic rings. The quantitative estimate of drug-likeness (QED) is 0.852. The summed E-state index contributed by atoms with van der Waals surface area (Å²) in [5.74, 6) is -0.523. The van der Waals surface area contributed by atoms with Crippen molar-refractivity contribution in [1.82, 2.24) is 14.9 Å². The van der Waals surface area contributed by atoms with Crippen molar-refractivity contribution in [3.63, 3.8) is 0 Å². The van der Waals surface area contributed by atoms with Gasteiger partial charge in [0.15, 0.2) is 5.82 Å². The molecule has 0 saturated carbocycles. The predicted molar refractivity (Wildman–Crippen MR) is 92.3 cm³/mol. The highest BCUT2D eigenvalue weighted by Crippen LogP contribution is 2.20. The van der Waals surface area contributed by atoms with Crippen LogP contribution in [0.3, 0.4) is 0 Å². The van der Waals surface area contributed by atoms with E-state index in [0.717, 1.165) is 30.9 Å². The number of carbonyl (C=O) groups is 1. The normalized spacial score (nSPS) is 17.2. The molecule has 2 heterocycles. The van der Waals surface area contributed by atoms with Crippen LogP contribution in [-0.2, 0) is 0 Å². The first-order valence-corrected chi connectivity index (χ1v) is 8.24. The number of anilines is 1. The molecule has 1 amide bonds. The molecule has 0 unspecified atom stereocenters. The summed E-state index contributed by atoms with van der Waals surface area (Å²) in [6.07, 6.45) is 3.59. The van der Waals surface area contributed by atoms with E-state index >= 15 is 0 Å². The van der Waals surface area contributed by atoms with Gasteiger partial charge in [0.05, 0.1) is 18.9 Å². The number of amides is 1. The zero-order valence-electron chi connectivity index (χ0n) is 14.4. The van der Waals surface area contributed by atoms with Gasteiger partial charge in [0.25, 0.3) is 5.91 Å². The maximum atomic E-state index is 12.9. The van der Waals surface area contributed by atoms with Crippen LogP contribution in [0.1, 0.15) is 23.2 Å². The van der Waals surface area contributed by atoms with Gasteiger partial charge in [-0.25, -0.2) is 14.4 Å². The smallest absolute Gasteiger partial charge is 0.316 e. The Morgan fingerprint density at radius 3 is 2.80 bits per heavy atom. The SMILES string of the molecule is CN(C)c1cccc(C(=O)N2CCC[C@@H](Oc3ncc(F)cn3)C2)c1. The van der Waals surface area contributed by atoms with E-state index in [9.17, 15) is 9.18 Å². The van der Waals surface area contributed by atoms with E-state index in [-0.39, 0.29) is 18.0 Å². The molecule has 1 aromatic heterocycles. The topological polar surface area (TPSA) is 58.6 Å². The lowest BCUT2D eigenvalue weighted by molar-refractivity contribution is 0.0515. The van der Waals surface area contributed by atoms with Gasteiger partial charge in [-0.1, -0.05) is 6.07 Å². The van der Waals surface area contributed by atoms with Crippen LogP contribution in [0.2, 0.25) is 0 Å². The van der Waals surface area contributed by atoms with Gasteiger partial charge in [0, 0.05) is 31.9 Å². The van der Waals surface area contributed by atoms with E-state index in [1.165, 1.54) is 0 Å². The van der Waals surface area contributed by atoms with Crippen LogP contribution in [0.5, 0.6) is 6.01 Å². The molecule has 1 fully saturated rings. The van der Waals surface area contributed by atoms with Crippen molar-refractivity contribution < 1.29 is 13.9 Å². The number of halogens is 1. The molecule has 1 aliphatic heterocycles. The van der Waals surface area contributed by atoms with Crippen molar-refractivity contribution in [2.24, 2.45) is 0 Å². The number of piperidine rings is 1. The Bertz CT molecular complexity index is 736. The summed E-state index contributed by atoms with van der Waals surface area (Å²) < 4.78 is 18.6. The van der Waals surface area contributed by atoms with Crippen LogP contribution >= 0.6 is 0 Å². The lowest BCUT2D eigenvalue weighted by Crippen LogP contribution is -2.44. The Labute approximate surface area is 146 Å². The van der Waals surface area contributed by atoms with Crippen molar-refractivity contribution in [3.8, 4) is 6.01 Å². The molecule has 1 saturated heterocycles. The summed E-state index contributed by atoms with van der Waals surface area (Å²) in [6.45, 7) is 1.15. The lowest BCUT2D eigenvalue weighted by atomic mass is 10.1. The van der Waals surface area contributed by atoms with Crippen molar-refractivity contribution >= 4 is 11.6 Å². The first-order chi connectivity index (χ1) is 12.0. The fraction of sp³-hybridized carbons (Fsp3) is 0.389. The first-order valence-electron chi connectivity index (χ1n) is 8.24. The molecule has 0 aliphatic carbocycles. The highest BCUT2D eigenvalue weighted by atomic mass is 19.1. The molecule has 1 atom stereocenters. The Hall–Kier alpha value is -2.70. The molecule has 25 heavy (non-hydrogen) atoms. The van der Waals surface area contributed by atoms with Crippen molar-refractivity contribution in [2.75, 3.05) is 32.1 Å². The second-order valence-electron chi connectivity index (χ2n) is 6.26. The second kappa shape index (κ2) is 7.46. The van der Waals surface area contributed by atoms with Gasteiger partial charge in [-0.05, 0) is 31.0 Å². The Kier molecular flexibility index (Phi) is 5.11. The number of rotatable bonds is 4. The molecule has 6 nitrogen and oxygen atoms in total. The predicted octanol–water partition coefficient (Wildman–Crippen LogP) is 2.37. The largest absolute Gasteiger partial charge is 0.458 e.